The van der Waals surface area contributed by atoms with E-state index in [0.29, 0.717) is 18.7 Å². The van der Waals surface area contributed by atoms with Gasteiger partial charge in [-0.05, 0) is 38.9 Å². The number of likely N-dealkylation sites (tertiary alicyclic amines) is 1. The molecule has 1 aromatic rings. The third kappa shape index (κ3) is 4.45. The Kier molecular flexibility index (Phi) is 7.35. The SMILES string of the molecule is CNC(C)CNC(=O)C1CCCN1C(=O)c1ccccc1.Cl. The molecule has 1 aromatic carbocycles. The van der Waals surface area contributed by atoms with Gasteiger partial charge in [0.05, 0.1) is 0 Å². The van der Waals surface area contributed by atoms with Gasteiger partial charge in [-0.15, -0.1) is 12.4 Å². The van der Waals surface area contributed by atoms with Gasteiger partial charge in [0.25, 0.3) is 5.91 Å². The second-order valence-corrected chi connectivity index (χ2v) is 5.46. The summed E-state index contributed by atoms with van der Waals surface area (Å²) >= 11 is 0. The third-order valence-corrected chi connectivity index (χ3v) is 3.91. The van der Waals surface area contributed by atoms with Crippen LogP contribution in [-0.2, 0) is 4.79 Å². The minimum absolute atomic E-state index is 0. The van der Waals surface area contributed by atoms with Crippen LogP contribution in [0.15, 0.2) is 30.3 Å². The second-order valence-electron chi connectivity index (χ2n) is 5.46. The van der Waals surface area contributed by atoms with Crippen molar-refractivity contribution in [2.75, 3.05) is 20.1 Å². The van der Waals surface area contributed by atoms with Gasteiger partial charge in [0.1, 0.15) is 6.04 Å². The van der Waals surface area contributed by atoms with Gasteiger partial charge in [0.2, 0.25) is 5.91 Å². The summed E-state index contributed by atoms with van der Waals surface area (Å²) in [5, 5.41) is 5.99. The molecule has 2 amide bonds. The number of nitrogens with one attached hydrogen (secondary N) is 2. The minimum atomic E-state index is -0.346. The molecule has 22 heavy (non-hydrogen) atoms. The molecule has 6 heteroatoms. The molecule has 2 atom stereocenters. The van der Waals surface area contributed by atoms with Crippen molar-refractivity contribution in [1.82, 2.24) is 15.5 Å². The Balaban J connectivity index is 0.00000242. The Labute approximate surface area is 137 Å². The Morgan fingerprint density at radius 1 is 1.32 bits per heavy atom. The smallest absolute Gasteiger partial charge is 0.254 e. The summed E-state index contributed by atoms with van der Waals surface area (Å²) < 4.78 is 0. The normalized spacial score (nSPS) is 18.5. The highest BCUT2D eigenvalue weighted by Gasteiger charge is 2.34. The summed E-state index contributed by atoms with van der Waals surface area (Å²) in [6.45, 7) is 3.22. The number of benzene rings is 1. The van der Waals surface area contributed by atoms with E-state index in [1.807, 2.05) is 32.2 Å². The van der Waals surface area contributed by atoms with E-state index in [-0.39, 0.29) is 36.3 Å². The monoisotopic (exact) mass is 325 g/mol. The summed E-state index contributed by atoms with van der Waals surface area (Å²) in [5.41, 5.74) is 0.640. The Bertz CT molecular complexity index is 495. The topological polar surface area (TPSA) is 61.4 Å². The summed E-state index contributed by atoms with van der Waals surface area (Å²) in [6, 6.07) is 9.01. The van der Waals surface area contributed by atoms with Gasteiger partial charge >= 0.3 is 0 Å². The lowest BCUT2D eigenvalue weighted by molar-refractivity contribution is -0.124. The van der Waals surface area contributed by atoms with E-state index in [1.165, 1.54) is 0 Å². The zero-order chi connectivity index (χ0) is 15.2. The molecule has 1 saturated heterocycles. The zero-order valence-electron chi connectivity index (χ0n) is 13.0. The van der Waals surface area contributed by atoms with Gasteiger partial charge in [-0.2, -0.15) is 0 Å². The van der Waals surface area contributed by atoms with Gasteiger partial charge in [-0.3, -0.25) is 9.59 Å². The summed E-state index contributed by atoms with van der Waals surface area (Å²) in [7, 11) is 1.86. The predicted octanol–water partition coefficient (Wildman–Crippen LogP) is 1.44. The maximum Gasteiger partial charge on any atom is 0.254 e. The average Bonchev–Trinajstić information content (AvgIpc) is 3.01. The van der Waals surface area contributed by atoms with Crippen LogP contribution in [0.25, 0.3) is 0 Å². The van der Waals surface area contributed by atoms with Crippen molar-refractivity contribution in [3.63, 3.8) is 0 Å². The number of halogens is 1. The van der Waals surface area contributed by atoms with E-state index in [2.05, 4.69) is 10.6 Å². The summed E-state index contributed by atoms with van der Waals surface area (Å²) in [6.07, 6.45) is 1.61. The predicted molar refractivity (Wildman–Crippen MR) is 89.3 cm³/mol. The van der Waals surface area contributed by atoms with Gasteiger partial charge < -0.3 is 15.5 Å². The molecule has 0 saturated carbocycles. The van der Waals surface area contributed by atoms with Crippen molar-refractivity contribution in [3.8, 4) is 0 Å². The van der Waals surface area contributed by atoms with Crippen LogP contribution in [0.2, 0.25) is 0 Å². The molecule has 1 fully saturated rings. The maximum atomic E-state index is 12.5. The Morgan fingerprint density at radius 3 is 2.64 bits per heavy atom. The molecule has 0 aliphatic carbocycles. The molecule has 0 radical (unpaired) electrons. The van der Waals surface area contributed by atoms with E-state index >= 15 is 0 Å². The molecule has 0 aromatic heterocycles. The second kappa shape index (κ2) is 8.76. The molecule has 0 spiro atoms. The molecular formula is C16H24ClN3O2. The van der Waals surface area contributed by atoms with E-state index in [4.69, 9.17) is 0 Å². The highest BCUT2D eigenvalue weighted by atomic mass is 35.5. The van der Waals surface area contributed by atoms with Gasteiger partial charge in [-0.25, -0.2) is 0 Å². The number of carbonyl (C=O) groups is 2. The quantitative estimate of drug-likeness (QED) is 0.861. The van der Waals surface area contributed by atoms with Crippen LogP contribution in [0, 0.1) is 0 Å². The Morgan fingerprint density at radius 2 is 2.00 bits per heavy atom. The highest BCUT2D eigenvalue weighted by molar-refractivity contribution is 5.97. The summed E-state index contributed by atoms with van der Waals surface area (Å²) in [4.78, 5) is 26.5. The number of rotatable bonds is 5. The number of carbonyl (C=O) groups excluding carboxylic acids is 2. The molecule has 1 heterocycles. The lowest BCUT2D eigenvalue weighted by Gasteiger charge is -2.24. The number of nitrogens with zero attached hydrogens (tertiary/aromatic N) is 1. The van der Waals surface area contributed by atoms with Crippen LogP contribution in [0.1, 0.15) is 30.1 Å². The summed E-state index contributed by atoms with van der Waals surface area (Å²) in [5.74, 6) is -0.117. The first-order valence-corrected chi connectivity index (χ1v) is 7.44. The molecule has 1 aliphatic heterocycles. The highest BCUT2D eigenvalue weighted by Crippen LogP contribution is 2.20. The van der Waals surface area contributed by atoms with E-state index in [1.54, 1.807) is 17.0 Å². The maximum absolute atomic E-state index is 12.5. The van der Waals surface area contributed by atoms with Crippen LogP contribution >= 0.6 is 12.4 Å². The van der Waals surface area contributed by atoms with Gasteiger partial charge in [0.15, 0.2) is 0 Å². The average molecular weight is 326 g/mol. The minimum Gasteiger partial charge on any atom is -0.353 e. The van der Waals surface area contributed by atoms with E-state index in [9.17, 15) is 9.59 Å². The molecule has 2 rings (SSSR count). The molecule has 122 valence electrons. The third-order valence-electron chi connectivity index (χ3n) is 3.91. The molecule has 1 aliphatic rings. The van der Waals surface area contributed by atoms with Crippen molar-refractivity contribution in [3.05, 3.63) is 35.9 Å². The zero-order valence-corrected chi connectivity index (χ0v) is 13.9. The van der Waals surface area contributed by atoms with Gasteiger partial charge in [0, 0.05) is 24.7 Å². The molecular weight excluding hydrogens is 302 g/mol. The number of hydrogen-bond acceptors (Lipinski definition) is 3. The van der Waals surface area contributed by atoms with Gasteiger partial charge in [-0.1, -0.05) is 18.2 Å². The van der Waals surface area contributed by atoms with Crippen molar-refractivity contribution >= 4 is 24.2 Å². The number of hydrogen-bond donors (Lipinski definition) is 2. The van der Waals surface area contributed by atoms with Crippen LogP contribution in [0.5, 0.6) is 0 Å². The van der Waals surface area contributed by atoms with Crippen molar-refractivity contribution in [1.29, 1.82) is 0 Å². The standard InChI is InChI=1S/C16H23N3O2.ClH/c1-12(17-2)11-18-15(20)14-9-6-10-19(14)16(21)13-7-4-3-5-8-13;/h3-5,7-8,12,14,17H,6,9-11H2,1-2H3,(H,18,20);1H. The fourth-order valence-corrected chi connectivity index (χ4v) is 2.50. The van der Waals surface area contributed by atoms with Crippen LogP contribution < -0.4 is 10.6 Å². The van der Waals surface area contributed by atoms with Crippen LogP contribution in [-0.4, -0.2) is 48.9 Å². The fraction of sp³-hybridized carbons (Fsp3) is 0.500. The first-order chi connectivity index (χ1) is 10.1. The first kappa shape index (κ1) is 18.5. The van der Waals surface area contributed by atoms with Crippen molar-refractivity contribution in [2.24, 2.45) is 0 Å². The first-order valence-electron chi connectivity index (χ1n) is 7.44. The largest absolute Gasteiger partial charge is 0.353 e. The van der Waals surface area contributed by atoms with E-state index in [0.717, 1.165) is 12.8 Å². The number of amides is 2. The van der Waals surface area contributed by atoms with Crippen LogP contribution in [0.3, 0.4) is 0 Å². The molecule has 2 unspecified atom stereocenters. The van der Waals surface area contributed by atoms with Crippen molar-refractivity contribution < 1.29 is 9.59 Å². The molecule has 0 bridgehead atoms. The lowest BCUT2D eigenvalue weighted by Crippen LogP contribution is -2.48. The Hall–Kier alpha value is -1.59. The molecule has 2 N–H and O–H groups in total. The van der Waals surface area contributed by atoms with E-state index < -0.39 is 0 Å². The fourth-order valence-electron chi connectivity index (χ4n) is 2.50. The van der Waals surface area contributed by atoms with Crippen molar-refractivity contribution in [2.45, 2.75) is 31.8 Å². The van der Waals surface area contributed by atoms with Crippen LogP contribution in [0.4, 0.5) is 0 Å². The number of likely N-dealkylation sites (N-methyl/N-ethyl adjacent to an activating group) is 1. The molecule has 5 nitrogen and oxygen atoms in total. The lowest BCUT2D eigenvalue weighted by atomic mass is 10.1.